The van der Waals surface area contributed by atoms with Gasteiger partial charge in [-0.05, 0) is 60.7 Å². The molecule has 0 unspecified atom stereocenters. The molecule has 0 saturated carbocycles. The van der Waals surface area contributed by atoms with Gasteiger partial charge in [0.25, 0.3) is 5.56 Å². The smallest absolute Gasteiger partial charge is 0.285 e. The first-order valence-electron chi connectivity index (χ1n) is 9.50. The van der Waals surface area contributed by atoms with Crippen molar-refractivity contribution in [2.45, 2.75) is 0 Å². The minimum atomic E-state index is -0.378. The monoisotopic (exact) mass is 534 g/mol. The Morgan fingerprint density at radius 1 is 0.727 bits per heavy atom. The Morgan fingerprint density at radius 2 is 1.39 bits per heavy atom. The fraction of sp³-hybridized carbons (Fsp3) is 0. The van der Waals surface area contributed by atoms with Gasteiger partial charge in [-0.3, -0.25) is 13.9 Å². The molecular weight excluding hydrogens is 526 g/mol. The van der Waals surface area contributed by atoms with Gasteiger partial charge in [-0.1, -0.05) is 58.0 Å². The van der Waals surface area contributed by atoms with E-state index >= 15 is 0 Å². The molecule has 3 aromatic carbocycles. The molecule has 5 aromatic rings. The van der Waals surface area contributed by atoms with Gasteiger partial charge in [-0.15, -0.1) is 0 Å². The Balaban J connectivity index is 1.88. The molecule has 2 heterocycles. The maximum absolute atomic E-state index is 13.9. The first-order chi connectivity index (χ1) is 15.8. The summed E-state index contributed by atoms with van der Waals surface area (Å²) in [5.74, 6) is 0.305. The van der Waals surface area contributed by atoms with E-state index in [0.29, 0.717) is 47.9 Å². The standard InChI is InChI=1S/C23H11Cl5N4O/c24-12-1-5-15(6-2-12)32-22(16-7-3-13(25)9-18(16)28)30-21-20(23(32)33)31(11-29-21)19-10-14(26)4-8-17(19)27/h1-11H. The minimum Gasteiger partial charge on any atom is -0.291 e. The third-order valence-corrected chi connectivity index (χ3v) is 6.36. The Morgan fingerprint density at radius 3 is 2.12 bits per heavy atom. The van der Waals surface area contributed by atoms with Crippen molar-refractivity contribution in [3.63, 3.8) is 0 Å². The number of hydrogen-bond donors (Lipinski definition) is 0. The van der Waals surface area contributed by atoms with Gasteiger partial charge in [0.1, 0.15) is 6.33 Å². The van der Waals surface area contributed by atoms with Crippen LogP contribution in [0.25, 0.3) is 33.9 Å². The van der Waals surface area contributed by atoms with Crippen molar-refractivity contribution in [2.24, 2.45) is 0 Å². The average Bonchev–Trinajstić information content (AvgIpc) is 3.20. The van der Waals surface area contributed by atoms with E-state index in [1.807, 2.05) is 0 Å². The summed E-state index contributed by atoms with van der Waals surface area (Å²) in [4.78, 5) is 23.0. The Hall–Kier alpha value is -2.54. The van der Waals surface area contributed by atoms with E-state index in [4.69, 9.17) is 58.0 Å². The highest BCUT2D eigenvalue weighted by atomic mass is 35.5. The van der Waals surface area contributed by atoms with Crippen molar-refractivity contribution >= 4 is 69.2 Å². The van der Waals surface area contributed by atoms with Crippen LogP contribution in [-0.4, -0.2) is 19.1 Å². The number of rotatable bonds is 3. The molecule has 0 aliphatic rings. The molecule has 164 valence electrons. The van der Waals surface area contributed by atoms with Crippen LogP contribution in [0.3, 0.4) is 0 Å². The van der Waals surface area contributed by atoms with Gasteiger partial charge in [-0.25, -0.2) is 9.97 Å². The first-order valence-corrected chi connectivity index (χ1v) is 11.4. The number of benzene rings is 3. The highest BCUT2D eigenvalue weighted by Crippen LogP contribution is 2.32. The summed E-state index contributed by atoms with van der Waals surface area (Å²) in [6.45, 7) is 0. The third-order valence-electron chi connectivity index (χ3n) is 5.00. The Bertz CT molecular complexity index is 1590. The van der Waals surface area contributed by atoms with Crippen LogP contribution in [0.2, 0.25) is 25.1 Å². The van der Waals surface area contributed by atoms with Gasteiger partial charge in [0.05, 0.1) is 21.4 Å². The summed E-state index contributed by atoms with van der Waals surface area (Å²) in [5, 5.41) is 2.20. The van der Waals surface area contributed by atoms with E-state index in [0.717, 1.165) is 0 Å². The normalized spacial score (nSPS) is 11.3. The van der Waals surface area contributed by atoms with Gasteiger partial charge in [0.15, 0.2) is 17.0 Å². The number of fused-ring (bicyclic) bond motifs is 1. The molecule has 0 radical (unpaired) electrons. The molecular formula is C23H11Cl5N4O. The molecule has 5 nitrogen and oxygen atoms in total. The van der Waals surface area contributed by atoms with Crippen LogP contribution in [0.1, 0.15) is 0 Å². The predicted octanol–water partition coefficient (Wildman–Crippen LogP) is 7.51. The topological polar surface area (TPSA) is 52.7 Å². The lowest BCUT2D eigenvalue weighted by Crippen LogP contribution is -2.23. The third kappa shape index (κ3) is 4.01. The molecule has 0 bridgehead atoms. The van der Waals surface area contributed by atoms with E-state index in [9.17, 15) is 4.79 Å². The van der Waals surface area contributed by atoms with Crippen LogP contribution < -0.4 is 5.56 Å². The molecule has 0 fully saturated rings. The number of nitrogens with zero attached hydrogens (tertiary/aromatic N) is 4. The fourth-order valence-corrected chi connectivity index (χ4v) is 4.50. The maximum atomic E-state index is 13.9. The zero-order chi connectivity index (χ0) is 23.3. The molecule has 0 saturated heterocycles. The van der Waals surface area contributed by atoms with Gasteiger partial charge in [0, 0.05) is 20.6 Å². The summed E-state index contributed by atoms with van der Waals surface area (Å²) in [6.07, 6.45) is 1.48. The fourth-order valence-electron chi connectivity index (χ4n) is 3.51. The van der Waals surface area contributed by atoms with Crippen molar-refractivity contribution in [2.75, 3.05) is 0 Å². The van der Waals surface area contributed by atoms with E-state index < -0.39 is 0 Å². The van der Waals surface area contributed by atoms with Crippen LogP contribution in [0.15, 0.2) is 71.8 Å². The molecule has 0 aliphatic heterocycles. The van der Waals surface area contributed by atoms with Crippen molar-refractivity contribution in [3.8, 4) is 22.8 Å². The number of halogens is 5. The number of aromatic nitrogens is 4. The quantitative estimate of drug-likeness (QED) is 0.240. The van der Waals surface area contributed by atoms with Crippen LogP contribution in [0.4, 0.5) is 0 Å². The summed E-state index contributed by atoms with van der Waals surface area (Å²) in [7, 11) is 0. The van der Waals surface area contributed by atoms with E-state index in [1.54, 1.807) is 65.2 Å². The molecule has 0 aliphatic carbocycles. The van der Waals surface area contributed by atoms with Crippen molar-refractivity contribution in [1.29, 1.82) is 0 Å². The van der Waals surface area contributed by atoms with Crippen molar-refractivity contribution in [1.82, 2.24) is 19.1 Å². The molecule has 0 N–H and O–H groups in total. The lowest BCUT2D eigenvalue weighted by Gasteiger charge is -2.15. The summed E-state index contributed by atoms with van der Waals surface area (Å²) < 4.78 is 3.02. The van der Waals surface area contributed by atoms with Gasteiger partial charge >= 0.3 is 0 Å². The average molecular weight is 537 g/mol. The summed E-state index contributed by atoms with van der Waals surface area (Å²) in [5.41, 5.74) is 1.64. The zero-order valence-corrected chi connectivity index (χ0v) is 20.2. The second-order valence-corrected chi connectivity index (χ2v) is 9.18. The highest BCUT2D eigenvalue weighted by molar-refractivity contribution is 6.36. The van der Waals surface area contributed by atoms with Gasteiger partial charge in [0.2, 0.25) is 0 Å². The van der Waals surface area contributed by atoms with E-state index in [-0.39, 0.29) is 16.7 Å². The molecule has 0 spiro atoms. The van der Waals surface area contributed by atoms with Crippen molar-refractivity contribution in [3.05, 3.63) is 102 Å². The molecule has 5 rings (SSSR count). The molecule has 0 atom stereocenters. The summed E-state index contributed by atoms with van der Waals surface area (Å²) >= 11 is 31.2. The second-order valence-electron chi connectivity index (χ2n) is 7.06. The van der Waals surface area contributed by atoms with Crippen LogP contribution in [-0.2, 0) is 0 Å². The number of hydrogen-bond acceptors (Lipinski definition) is 3. The van der Waals surface area contributed by atoms with Crippen molar-refractivity contribution < 1.29 is 0 Å². The predicted molar refractivity (Wildman–Crippen MR) is 135 cm³/mol. The first kappa shape index (κ1) is 22.3. The molecule has 2 aromatic heterocycles. The van der Waals surface area contributed by atoms with E-state index in [2.05, 4.69) is 9.97 Å². The Labute approximate surface area is 212 Å². The van der Waals surface area contributed by atoms with Crippen LogP contribution in [0.5, 0.6) is 0 Å². The lowest BCUT2D eigenvalue weighted by molar-refractivity contribution is 0.959. The molecule has 33 heavy (non-hydrogen) atoms. The zero-order valence-electron chi connectivity index (χ0n) is 16.4. The lowest BCUT2D eigenvalue weighted by atomic mass is 10.2. The van der Waals surface area contributed by atoms with Crippen LogP contribution >= 0.6 is 58.0 Å². The Kier molecular flexibility index (Phi) is 5.85. The minimum absolute atomic E-state index is 0.224. The molecule has 10 heteroatoms. The van der Waals surface area contributed by atoms with Gasteiger partial charge in [-0.2, -0.15) is 0 Å². The largest absolute Gasteiger partial charge is 0.291 e. The van der Waals surface area contributed by atoms with E-state index in [1.165, 1.54) is 10.9 Å². The summed E-state index contributed by atoms with van der Waals surface area (Å²) in [6, 6.07) is 16.8. The van der Waals surface area contributed by atoms with Crippen LogP contribution in [0, 0.1) is 0 Å². The van der Waals surface area contributed by atoms with Gasteiger partial charge < -0.3 is 0 Å². The SMILES string of the molecule is O=c1c2c(ncn2-c2cc(Cl)ccc2Cl)nc(-c2ccc(Cl)cc2Cl)n1-c1ccc(Cl)cc1. The molecule has 0 amide bonds. The number of imidazole rings is 1. The second kappa shape index (κ2) is 8.67. The highest BCUT2D eigenvalue weighted by Gasteiger charge is 2.21. The maximum Gasteiger partial charge on any atom is 0.285 e.